The first kappa shape index (κ1) is 21.4. The first-order valence-electron chi connectivity index (χ1n) is 11.6. The molecule has 2 heterocycles. The second-order valence-electron chi connectivity index (χ2n) is 8.97. The summed E-state index contributed by atoms with van der Waals surface area (Å²) in [5, 5.41) is 8.00. The van der Waals surface area contributed by atoms with Crippen LogP contribution in [0.3, 0.4) is 0 Å². The maximum absolute atomic E-state index is 13.3. The van der Waals surface area contributed by atoms with Gasteiger partial charge in [0, 0.05) is 50.4 Å². The normalized spacial score (nSPS) is 16.6. The van der Waals surface area contributed by atoms with Crippen LogP contribution in [0, 0.1) is 5.92 Å². The van der Waals surface area contributed by atoms with Crippen molar-refractivity contribution in [3.63, 3.8) is 0 Å². The number of carbonyl (C=O) groups excluding carboxylic acids is 2. The average molecular weight is 444 g/mol. The van der Waals surface area contributed by atoms with E-state index in [0.29, 0.717) is 17.8 Å². The number of piperazine rings is 1. The number of nitrogens with one attached hydrogen (secondary N) is 2. The Labute approximate surface area is 193 Å². The van der Waals surface area contributed by atoms with E-state index in [9.17, 15) is 9.59 Å². The summed E-state index contributed by atoms with van der Waals surface area (Å²) in [4.78, 5) is 34.9. The standard InChI is InChI=1S/C26H29N5O2/c1-30-11-13-31(14-12-30)24-21(7-4-10-27-24)17-28-26(33)22-15-19-5-2-3-6-20(19)16-23(22)29-25(32)18-8-9-18/h2-7,10,15-16,18H,8-9,11-14,17H2,1H3,(H,28,33)(H,29,32). The van der Waals surface area contributed by atoms with Gasteiger partial charge in [0.25, 0.3) is 5.91 Å². The van der Waals surface area contributed by atoms with Gasteiger partial charge in [0.2, 0.25) is 5.91 Å². The van der Waals surface area contributed by atoms with Gasteiger partial charge >= 0.3 is 0 Å². The zero-order chi connectivity index (χ0) is 22.8. The number of hydrogen-bond acceptors (Lipinski definition) is 5. The van der Waals surface area contributed by atoms with E-state index in [4.69, 9.17) is 0 Å². The summed E-state index contributed by atoms with van der Waals surface area (Å²) >= 11 is 0. The summed E-state index contributed by atoms with van der Waals surface area (Å²) < 4.78 is 0. The molecule has 2 N–H and O–H groups in total. The number of anilines is 2. The predicted octanol–water partition coefficient (Wildman–Crippen LogP) is 3.27. The van der Waals surface area contributed by atoms with E-state index in [1.165, 1.54) is 0 Å². The van der Waals surface area contributed by atoms with Crippen LogP contribution in [0.2, 0.25) is 0 Å². The molecule has 1 saturated carbocycles. The fourth-order valence-electron chi connectivity index (χ4n) is 4.25. The van der Waals surface area contributed by atoms with Gasteiger partial charge in [0.1, 0.15) is 5.82 Å². The Morgan fingerprint density at radius 1 is 1.00 bits per heavy atom. The number of fused-ring (bicyclic) bond motifs is 1. The van der Waals surface area contributed by atoms with Gasteiger partial charge in [-0.25, -0.2) is 4.98 Å². The summed E-state index contributed by atoms with van der Waals surface area (Å²) in [6.07, 6.45) is 3.63. The molecule has 2 aromatic carbocycles. The van der Waals surface area contributed by atoms with Gasteiger partial charge in [0.05, 0.1) is 11.3 Å². The minimum atomic E-state index is -0.208. The number of hydrogen-bond donors (Lipinski definition) is 2. The van der Waals surface area contributed by atoms with E-state index in [0.717, 1.165) is 61.2 Å². The molecule has 0 atom stereocenters. The largest absolute Gasteiger partial charge is 0.354 e. The first-order chi connectivity index (χ1) is 16.1. The molecule has 2 amide bonds. The minimum absolute atomic E-state index is 0.0102. The molecular formula is C26H29N5O2. The van der Waals surface area contributed by atoms with E-state index in [-0.39, 0.29) is 17.7 Å². The molecule has 0 spiro atoms. The highest BCUT2D eigenvalue weighted by Crippen LogP contribution is 2.32. The highest BCUT2D eigenvalue weighted by molar-refractivity contribution is 6.08. The Balaban J connectivity index is 1.37. The average Bonchev–Trinajstić information content (AvgIpc) is 3.69. The third kappa shape index (κ3) is 4.83. The number of aromatic nitrogens is 1. The summed E-state index contributed by atoms with van der Waals surface area (Å²) in [6.45, 7) is 4.18. The maximum Gasteiger partial charge on any atom is 0.253 e. The number of carbonyl (C=O) groups is 2. The van der Waals surface area contributed by atoms with E-state index in [1.807, 2.05) is 48.5 Å². The van der Waals surface area contributed by atoms with Crippen LogP contribution in [0.4, 0.5) is 11.5 Å². The molecule has 1 aliphatic heterocycles. The zero-order valence-corrected chi connectivity index (χ0v) is 18.9. The summed E-state index contributed by atoms with van der Waals surface area (Å²) in [7, 11) is 2.13. The topological polar surface area (TPSA) is 77.6 Å². The van der Waals surface area contributed by atoms with Crippen molar-refractivity contribution in [2.75, 3.05) is 43.4 Å². The van der Waals surface area contributed by atoms with Crippen molar-refractivity contribution in [3.8, 4) is 0 Å². The van der Waals surface area contributed by atoms with Crippen LogP contribution < -0.4 is 15.5 Å². The fourth-order valence-corrected chi connectivity index (χ4v) is 4.25. The van der Waals surface area contributed by atoms with Crippen LogP contribution in [0.1, 0.15) is 28.8 Å². The molecule has 0 unspecified atom stereocenters. The van der Waals surface area contributed by atoms with Crippen molar-refractivity contribution in [2.24, 2.45) is 5.92 Å². The van der Waals surface area contributed by atoms with Crippen molar-refractivity contribution in [3.05, 3.63) is 65.9 Å². The van der Waals surface area contributed by atoms with Gasteiger partial charge in [-0.05, 0) is 48.9 Å². The van der Waals surface area contributed by atoms with Crippen LogP contribution >= 0.6 is 0 Å². The smallest absolute Gasteiger partial charge is 0.253 e. The Morgan fingerprint density at radius 2 is 1.73 bits per heavy atom. The second kappa shape index (κ2) is 9.19. The Morgan fingerprint density at radius 3 is 2.45 bits per heavy atom. The number of benzene rings is 2. The molecule has 1 aliphatic carbocycles. The summed E-state index contributed by atoms with van der Waals surface area (Å²) in [6, 6.07) is 15.5. The van der Waals surface area contributed by atoms with Gasteiger partial charge in [-0.1, -0.05) is 30.3 Å². The molecule has 0 bridgehead atoms. The number of nitrogens with zero attached hydrogens (tertiary/aromatic N) is 3. The van der Waals surface area contributed by atoms with Gasteiger partial charge in [-0.3, -0.25) is 9.59 Å². The highest BCUT2D eigenvalue weighted by Gasteiger charge is 2.30. The van der Waals surface area contributed by atoms with Crippen molar-refractivity contribution in [1.82, 2.24) is 15.2 Å². The highest BCUT2D eigenvalue weighted by atomic mass is 16.2. The molecule has 1 aromatic heterocycles. The lowest BCUT2D eigenvalue weighted by atomic mass is 10.0. The van der Waals surface area contributed by atoms with Crippen molar-refractivity contribution >= 4 is 34.1 Å². The molecule has 7 heteroatoms. The van der Waals surface area contributed by atoms with E-state index in [2.05, 4.69) is 32.5 Å². The van der Waals surface area contributed by atoms with Gasteiger partial charge < -0.3 is 20.4 Å². The van der Waals surface area contributed by atoms with Crippen LogP contribution in [0.15, 0.2) is 54.7 Å². The third-order valence-electron chi connectivity index (χ3n) is 6.45. The fraction of sp³-hybridized carbons (Fsp3) is 0.346. The number of amides is 2. The Kier molecular flexibility index (Phi) is 5.96. The quantitative estimate of drug-likeness (QED) is 0.612. The Hall–Kier alpha value is -3.45. The van der Waals surface area contributed by atoms with Gasteiger partial charge in [0.15, 0.2) is 0 Å². The lowest BCUT2D eigenvalue weighted by Gasteiger charge is -2.34. The van der Waals surface area contributed by atoms with Crippen molar-refractivity contribution in [2.45, 2.75) is 19.4 Å². The number of likely N-dealkylation sites (N-methyl/N-ethyl adjacent to an activating group) is 1. The lowest BCUT2D eigenvalue weighted by molar-refractivity contribution is -0.117. The molecule has 5 rings (SSSR count). The van der Waals surface area contributed by atoms with Crippen molar-refractivity contribution in [1.29, 1.82) is 0 Å². The molecule has 33 heavy (non-hydrogen) atoms. The van der Waals surface area contributed by atoms with Gasteiger partial charge in [-0.15, -0.1) is 0 Å². The monoisotopic (exact) mass is 443 g/mol. The summed E-state index contributed by atoms with van der Waals surface area (Å²) in [5.74, 6) is 0.768. The Bertz CT molecular complexity index is 1180. The number of pyridine rings is 1. The lowest BCUT2D eigenvalue weighted by Crippen LogP contribution is -2.45. The molecule has 3 aromatic rings. The SMILES string of the molecule is CN1CCN(c2ncccc2CNC(=O)c2cc3ccccc3cc2NC(=O)C2CC2)CC1. The van der Waals surface area contributed by atoms with Gasteiger partial charge in [-0.2, -0.15) is 0 Å². The van der Waals surface area contributed by atoms with E-state index >= 15 is 0 Å². The van der Waals surface area contributed by atoms with Crippen LogP contribution in [-0.2, 0) is 11.3 Å². The molecule has 170 valence electrons. The van der Waals surface area contributed by atoms with Crippen LogP contribution in [0.5, 0.6) is 0 Å². The van der Waals surface area contributed by atoms with E-state index in [1.54, 1.807) is 6.20 Å². The predicted molar refractivity (Wildman–Crippen MR) is 130 cm³/mol. The maximum atomic E-state index is 13.3. The molecule has 7 nitrogen and oxygen atoms in total. The molecule has 1 saturated heterocycles. The summed E-state index contributed by atoms with van der Waals surface area (Å²) in [5.41, 5.74) is 2.03. The molecule has 2 aliphatic rings. The van der Waals surface area contributed by atoms with Crippen molar-refractivity contribution < 1.29 is 9.59 Å². The van der Waals surface area contributed by atoms with Crippen LogP contribution in [-0.4, -0.2) is 54.9 Å². The minimum Gasteiger partial charge on any atom is -0.354 e. The van der Waals surface area contributed by atoms with E-state index < -0.39 is 0 Å². The molecule has 0 radical (unpaired) electrons. The molecular weight excluding hydrogens is 414 g/mol. The second-order valence-corrected chi connectivity index (χ2v) is 8.97. The van der Waals surface area contributed by atoms with Crippen LogP contribution in [0.25, 0.3) is 10.8 Å². The molecule has 2 fully saturated rings. The first-order valence-corrected chi connectivity index (χ1v) is 11.6. The third-order valence-corrected chi connectivity index (χ3v) is 6.45. The zero-order valence-electron chi connectivity index (χ0n) is 18.9. The number of rotatable bonds is 6.